The lowest BCUT2D eigenvalue weighted by molar-refractivity contribution is -0.162. The molecular formula is C25H35ClO8. The van der Waals surface area contributed by atoms with E-state index in [1.54, 1.807) is 6.08 Å². The lowest BCUT2D eigenvalue weighted by Crippen LogP contribution is -2.36. The molecular weight excluding hydrogens is 464 g/mol. The molecule has 1 N–H and O–H groups in total. The van der Waals surface area contributed by atoms with E-state index in [4.69, 9.17) is 21.1 Å². The van der Waals surface area contributed by atoms with Crippen LogP contribution in [0.1, 0.15) is 72.1 Å². The number of carbonyl (C=O) groups is 4. The van der Waals surface area contributed by atoms with Crippen molar-refractivity contribution in [2.45, 2.75) is 89.9 Å². The zero-order valence-corrected chi connectivity index (χ0v) is 21.1. The third-order valence-electron chi connectivity index (χ3n) is 5.28. The normalized spacial score (nSPS) is 20.8. The van der Waals surface area contributed by atoms with E-state index >= 15 is 0 Å². The number of Topliss-reactive ketones (excluding diaryl/α,β-unsaturated/α-hetero) is 1. The molecule has 0 radical (unpaired) electrons. The largest absolute Gasteiger partial charge is 0.469 e. The van der Waals surface area contributed by atoms with E-state index in [0.29, 0.717) is 0 Å². The summed E-state index contributed by atoms with van der Waals surface area (Å²) in [7, 11) is 1.26. The van der Waals surface area contributed by atoms with Crippen molar-refractivity contribution >= 4 is 35.3 Å². The molecule has 9 heteroatoms. The predicted molar refractivity (Wildman–Crippen MR) is 127 cm³/mol. The van der Waals surface area contributed by atoms with Gasteiger partial charge in [-0.15, -0.1) is 0 Å². The van der Waals surface area contributed by atoms with Crippen molar-refractivity contribution in [3.63, 3.8) is 0 Å². The fraction of sp³-hybridized carbons (Fsp3) is 0.600. The molecule has 0 aliphatic heterocycles. The number of allylic oxidation sites excluding steroid dienone is 2. The molecule has 0 aromatic heterocycles. The van der Waals surface area contributed by atoms with Crippen LogP contribution in [-0.4, -0.2) is 53.7 Å². The molecule has 1 rings (SSSR count). The summed E-state index contributed by atoms with van der Waals surface area (Å²) in [4.78, 5) is 47.7. The standard InChI is InChI=1S/C25H35ClO8/c1-5-6-7-8-9-10-14-25(31)16-20(26)24(30)19(25)15-22(34-18(3)28)21(33-17(2)27)12-11-13-23(29)32-4/h9-10,15-16,21-22,31H,5-8,11-14H2,1-4H3/b10-9-,19-15+/t21-,22-,25-/m0/s1. The van der Waals surface area contributed by atoms with Crippen LogP contribution in [0.5, 0.6) is 0 Å². The number of ketones is 1. The van der Waals surface area contributed by atoms with Crippen molar-refractivity contribution in [3.8, 4) is 0 Å². The Morgan fingerprint density at radius 1 is 1.12 bits per heavy atom. The summed E-state index contributed by atoms with van der Waals surface area (Å²) in [6.07, 6.45) is 8.77. The third kappa shape index (κ3) is 9.81. The zero-order chi connectivity index (χ0) is 25.7. The van der Waals surface area contributed by atoms with E-state index in [1.165, 1.54) is 33.1 Å². The molecule has 1 aliphatic rings. The van der Waals surface area contributed by atoms with Crippen molar-refractivity contribution in [1.82, 2.24) is 0 Å². The van der Waals surface area contributed by atoms with Gasteiger partial charge in [-0.05, 0) is 37.8 Å². The van der Waals surface area contributed by atoms with Crippen LogP contribution in [0, 0.1) is 0 Å². The first-order valence-electron chi connectivity index (χ1n) is 11.5. The van der Waals surface area contributed by atoms with Gasteiger partial charge in [0, 0.05) is 32.3 Å². The van der Waals surface area contributed by atoms with Gasteiger partial charge >= 0.3 is 17.9 Å². The predicted octanol–water partition coefficient (Wildman–Crippen LogP) is 4.08. The van der Waals surface area contributed by atoms with Crippen LogP contribution in [0.25, 0.3) is 0 Å². The highest BCUT2D eigenvalue weighted by Crippen LogP contribution is 2.37. The third-order valence-corrected chi connectivity index (χ3v) is 5.56. The van der Waals surface area contributed by atoms with Gasteiger partial charge in [0.1, 0.15) is 11.7 Å². The minimum absolute atomic E-state index is 0.0629. The van der Waals surface area contributed by atoms with Gasteiger partial charge in [0.05, 0.1) is 12.1 Å². The molecule has 3 atom stereocenters. The Morgan fingerprint density at radius 2 is 1.79 bits per heavy atom. The number of unbranched alkanes of at least 4 members (excludes halogenated alkanes) is 3. The van der Waals surface area contributed by atoms with Crippen LogP contribution in [0.2, 0.25) is 0 Å². The maximum atomic E-state index is 12.7. The van der Waals surface area contributed by atoms with E-state index in [2.05, 4.69) is 11.7 Å². The number of hydrogen-bond acceptors (Lipinski definition) is 8. The summed E-state index contributed by atoms with van der Waals surface area (Å²) in [5, 5.41) is 11.1. The van der Waals surface area contributed by atoms with E-state index in [-0.39, 0.29) is 36.3 Å². The Bertz CT molecular complexity index is 829. The number of methoxy groups -OCH3 is 1. The number of carbonyl (C=O) groups excluding carboxylic acids is 4. The van der Waals surface area contributed by atoms with E-state index in [0.717, 1.165) is 25.7 Å². The first kappa shape index (κ1) is 29.6. The van der Waals surface area contributed by atoms with Gasteiger partial charge < -0.3 is 19.3 Å². The molecule has 0 unspecified atom stereocenters. The smallest absolute Gasteiger partial charge is 0.305 e. The molecule has 0 bridgehead atoms. The lowest BCUT2D eigenvalue weighted by atomic mass is 9.90. The van der Waals surface area contributed by atoms with Crippen molar-refractivity contribution in [2.24, 2.45) is 0 Å². The number of hydrogen-bond donors (Lipinski definition) is 1. The maximum Gasteiger partial charge on any atom is 0.305 e. The average Bonchev–Trinajstić information content (AvgIpc) is 2.97. The summed E-state index contributed by atoms with van der Waals surface area (Å²) in [6, 6.07) is 0. The minimum atomic E-state index is -1.69. The van der Waals surface area contributed by atoms with Gasteiger partial charge in [0.2, 0.25) is 5.78 Å². The monoisotopic (exact) mass is 498 g/mol. The van der Waals surface area contributed by atoms with Crippen molar-refractivity contribution in [3.05, 3.63) is 34.9 Å². The second-order valence-corrected chi connectivity index (χ2v) is 8.59. The molecule has 1 aliphatic carbocycles. The summed E-state index contributed by atoms with van der Waals surface area (Å²) >= 11 is 6.05. The molecule has 0 saturated carbocycles. The summed E-state index contributed by atoms with van der Waals surface area (Å²) < 4.78 is 15.3. The Balaban J connectivity index is 3.20. The Hall–Kier alpha value is -2.45. The molecule has 34 heavy (non-hydrogen) atoms. The SMILES string of the molecule is CCCCC/C=C\C[C@]1(O)C=C(Cl)C(=O)/C1=C\[C@H](OC(C)=O)[C@H](CCCC(=O)OC)OC(C)=O. The van der Waals surface area contributed by atoms with E-state index in [1.807, 2.05) is 6.08 Å². The zero-order valence-electron chi connectivity index (χ0n) is 20.3. The number of halogens is 1. The molecule has 8 nitrogen and oxygen atoms in total. The van der Waals surface area contributed by atoms with Gasteiger partial charge in [-0.1, -0.05) is 43.5 Å². The Labute approximate surface area is 206 Å². The van der Waals surface area contributed by atoms with Crippen LogP contribution in [0.4, 0.5) is 0 Å². The summed E-state index contributed by atoms with van der Waals surface area (Å²) in [5.74, 6) is -2.34. The van der Waals surface area contributed by atoms with Crippen molar-refractivity contribution in [1.29, 1.82) is 0 Å². The molecule has 0 aromatic carbocycles. The summed E-state index contributed by atoms with van der Waals surface area (Å²) in [5.41, 5.74) is -1.76. The molecule has 0 saturated heterocycles. The number of esters is 3. The van der Waals surface area contributed by atoms with Gasteiger partial charge in [-0.25, -0.2) is 0 Å². The van der Waals surface area contributed by atoms with Gasteiger partial charge in [0.25, 0.3) is 0 Å². The highest BCUT2D eigenvalue weighted by Gasteiger charge is 2.42. The molecule has 0 heterocycles. The second-order valence-electron chi connectivity index (χ2n) is 8.19. The van der Waals surface area contributed by atoms with Crippen LogP contribution >= 0.6 is 11.6 Å². The number of ether oxygens (including phenoxy) is 3. The van der Waals surface area contributed by atoms with Crippen LogP contribution < -0.4 is 0 Å². The van der Waals surface area contributed by atoms with Crippen LogP contribution in [0.15, 0.2) is 34.9 Å². The molecule has 0 spiro atoms. The van der Waals surface area contributed by atoms with Gasteiger partial charge in [-0.2, -0.15) is 0 Å². The van der Waals surface area contributed by atoms with E-state index in [9.17, 15) is 24.3 Å². The van der Waals surface area contributed by atoms with Crippen molar-refractivity contribution < 1.29 is 38.5 Å². The van der Waals surface area contributed by atoms with Gasteiger partial charge in [-0.3, -0.25) is 19.2 Å². The fourth-order valence-electron chi connectivity index (χ4n) is 3.59. The molecule has 0 fully saturated rings. The second kappa shape index (κ2) is 14.7. The quantitative estimate of drug-likeness (QED) is 0.125. The fourth-order valence-corrected chi connectivity index (χ4v) is 3.87. The minimum Gasteiger partial charge on any atom is -0.469 e. The highest BCUT2D eigenvalue weighted by molar-refractivity contribution is 6.46. The molecule has 0 amide bonds. The molecule has 190 valence electrons. The lowest BCUT2D eigenvalue weighted by Gasteiger charge is -2.27. The molecule has 0 aromatic rings. The first-order chi connectivity index (χ1) is 16.0. The first-order valence-corrected chi connectivity index (χ1v) is 11.9. The topological polar surface area (TPSA) is 116 Å². The maximum absolute atomic E-state index is 12.7. The van der Waals surface area contributed by atoms with Gasteiger partial charge in [0.15, 0.2) is 6.10 Å². The Kier molecular flexibility index (Phi) is 12.8. The van der Waals surface area contributed by atoms with Crippen LogP contribution in [0.3, 0.4) is 0 Å². The van der Waals surface area contributed by atoms with E-state index < -0.39 is 41.5 Å². The highest BCUT2D eigenvalue weighted by atomic mass is 35.5. The number of rotatable bonds is 14. The number of aliphatic hydroxyl groups is 1. The summed E-state index contributed by atoms with van der Waals surface area (Å²) in [6.45, 7) is 4.49. The van der Waals surface area contributed by atoms with Crippen molar-refractivity contribution in [2.75, 3.05) is 7.11 Å². The Morgan fingerprint density at radius 3 is 2.38 bits per heavy atom. The average molecular weight is 499 g/mol. The van der Waals surface area contributed by atoms with Crippen LogP contribution in [-0.2, 0) is 33.4 Å².